The summed E-state index contributed by atoms with van der Waals surface area (Å²) < 4.78 is 10.0. The van der Waals surface area contributed by atoms with E-state index < -0.39 is 6.04 Å². The Morgan fingerprint density at radius 3 is 2.78 bits per heavy atom. The van der Waals surface area contributed by atoms with Gasteiger partial charge in [0.25, 0.3) is 5.88 Å². The zero-order valence-corrected chi connectivity index (χ0v) is 15.1. The van der Waals surface area contributed by atoms with Crippen LogP contribution in [-0.2, 0) is 16.0 Å². The summed E-state index contributed by atoms with van der Waals surface area (Å²) in [5.41, 5.74) is 6.55. The van der Waals surface area contributed by atoms with Gasteiger partial charge >= 0.3 is 0 Å². The predicted molar refractivity (Wildman–Crippen MR) is 97.9 cm³/mol. The van der Waals surface area contributed by atoms with Gasteiger partial charge in [0.1, 0.15) is 12.1 Å². The zero-order valence-electron chi connectivity index (χ0n) is 15.1. The number of ketones is 1. The van der Waals surface area contributed by atoms with E-state index in [0.717, 1.165) is 31.2 Å². The van der Waals surface area contributed by atoms with Crippen LogP contribution in [0.1, 0.15) is 37.7 Å². The topological polar surface area (TPSA) is 120 Å². The minimum Gasteiger partial charge on any atom is -0.467 e. The molecule has 0 saturated heterocycles. The number of anilines is 1. The van der Waals surface area contributed by atoms with Gasteiger partial charge < -0.3 is 20.3 Å². The largest absolute Gasteiger partial charge is 0.467 e. The molecule has 1 aliphatic carbocycles. The molecule has 1 atom stereocenters. The van der Waals surface area contributed by atoms with Gasteiger partial charge in [-0.05, 0) is 42.5 Å². The number of nitrogens with zero attached hydrogens (tertiary/aromatic N) is 2. The van der Waals surface area contributed by atoms with Crippen LogP contribution >= 0.6 is 0 Å². The van der Waals surface area contributed by atoms with Crippen molar-refractivity contribution >= 4 is 17.5 Å². The fraction of sp³-hybridized carbons (Fsp3) is 0.474. The maximum absolute atomic E-state index is 12.6. The van der Waals surface area contributed by atoms with E-state index >= 15 is 0 Å². The van der Waals surface area contributed by atoms with Gasteiger partial charge in [0.15, 0.2) is 12.4 Å². The van der Waals surface area contributed by atoms with Crippen LogP contribution in [0.2, 0.25) is 0 Å². The Labute approximate surface area is 157 Å². The summed E-state index contributed by atoms with van der Waals surface area (Å²) in [5, 5.41) is 6.53. The summed E-state index contributed by atoms with van der Waals surface area (Å²) in [6.07, 6.45) is 7.98. The molecule has 2 heterocycles. The SMILES string of the molecule is Nc1ccc(CCC(NC(=O)C2CCCC2)C(=O)COc2ccon2)cn1. The van der Waals surface area contributed by atoms with Crippen LogP contribution in [0.5, 0.6) is 5.88 Å². The Bertz CT molecular complexity index is 740. The smallest absolute Gasteiger partial charge is 0.254 e. The highest BCUT2D eigenvalue weighted by molar-refractivity contribution is 5.90. The molecule has 0 aromatic carbocycles. The number of aromatic nitrogens is 2. The predicted octanol–water partition coefficient (Wildman–Crippen LogP) is 1.91. The van der Waals surface area contributed by atoms with Crippen molar-refractivity contribution < 1.29 is 18.8 Å². The average Bonchev–Trinajstić information content (AvgIpc) is 3.38. The number of ether oxygens (including phenoxy) is 1. The second-order valence-corrected chi connectivity index (χ2v) is 6.77. The van der Waals surface area contributed by atoms with E-state index in [9.17, 15) is 9.59 Å². The molecule has 3 N–H and O–H groups in total. The highest BCUT2D eigenvalue weighted by atomic mass is 16.5. The number of nitrogens with one attached hydrogen (secondary N) is 1. The molecule has 0 bridgehead atoms. The summed E-state index contributed by atoms with van der Waals surface area (Å²) in [6, 6.07) is 4.49. The van der Waals surface area contributed by atoms with E-state index in [-0.39, 0.29) is 30.1 Å². The number of nitrogen functional groups attached to an aromatic ring is 1. The summed E-state index contributed by atoms with van der Waals surface area (Å²) >= 11 is 0. The highest BCUT2D eigenvalue weighted by Gasteiger charge is 2.27. The summed E-state index contributed by atoms with van der Waals surface area (Å²) in [7, 11) is 0. The number of pyridine rings is 1. The Morgan fingerprint density at radius 2 is 2.11 bits per heavy atom. The van der Waals surface area contributed by atoms with Crippen LogP contribution in [0.4, 0.5) is 5.82 Å². The first-order chi connectivity index (χ1) is 13.1. The molecule has 0 aliphatic heterocycles. The molecular formula is C19H24N4O4. The number of carbonyl (C=O) groups is 2. The number of Topliss-reactive ketones (excluding diaryl/α,β-unsaturated/α-hetero) is 1. The molecule has 27 heavy (non-hydrogen) atoms. The first kappa shape index (κ1) is 18.9. The third-order valence-electron chi connectivity index (χ3n) is 4.78. The second kappa shape index (κ2) is 9.16. The lowest BCUT2D eigenvalue weighted by molar-refractivity contribution is -0.131. The van der Waals surface area contributed by atoms with Gasteiger partial charge in [0, 0.05) is 18.2 Å². The monoisotopic (exact) mass is 372 g/mol. The van der Waals surface area contributed by atoms with Gasteiger partial charge in [0.2, 0.25) is 5.91 Å². The summed E-state index contributed by atoms with van der Waals surface area (Å²) in [4.78, 5) is 29.2. The van der Waals surface area contributed by atoms with Gasteiger partial charge in [-0.2, -0.15) is 0 Å². The minimum absolute atomic E-state index is 0.00468. The molecule has 1 aliphatic rings. The molecule has 0 spiro atoms. The average molecular weight is 372 g/mol. The number of rotatable bonds is 9. The van der Waals surface area contributed by atoms with Gasteiger partial charge in [0.05, 0.1) is 6.04 Å². The third-order valence-corrected chi connectivity index (χ3v) is 4.78. The van der Waals surface area contributed by atoms with Crippen LogP contribution in [0.15, 0.2) is 35.2 Å². The van der Waals surface area contributed by atoms with E-state index in [1.165, 1.54) is 12.3 Å². The molecule has 1 amide bonds. The highest BCUT2D eigenvalue weighted by Crippen LogP contribution is 2.25. The second-order valence-electron chi connectivity index (χ2n) is 6.77. The fourth-order valence-electron chi connectivity index (χ4n) is 3.21. The number of amides is 1. The molecule has 1 saturated carbocycles. The van der Waals surface area contributed by atoms with Crippen molar-refractivity contribution in [2.45, 2.75) is 44.6 Å². The van der Waals surface area contributed by atoms with Crippen LogP contribution < -0.4 is 15.8 Å². The molecule has 144 valence electrons. The van der Waals surface area contributed by atoms with Gasteiger partial charge in [-0.25, -0.2) is 4.98 Å². The van der Waals surface area contributed by atoms with Crippen molar-refractivity contribution in [3.05, 3.63) is 36.2 Å². The van der Waals surface area contributed by atoms with Crippen molar-refractivity contribution in [1.82, 2.24) is 15.5 Å². The Morgan fingerprint density at radius 1 is 1.30 bits per heavy atom. The molecule has 0 radical (unpaired) electrons. The van der Waals surface area contributed by atoms with Crippen molar-refractivity contribution in [2.75, 3.05) is 12.3 Å². The summed E-state index contributed by atoms with van der Waals surface area (Å²) in [6.45, 7) is -0.178. The first-order valence-electron chi connectivity index (χ1n) is 9.18. The molecule has 2 aromatic rings. The maximum Gasteiger partial charge on any atom is 0.254 e. The molecule has 1 fully saturated rings. The van der Waals surface area contributed by atoms with Crippen LogP contribution in [0.25, 0.3) is 0 Å². The number of nitrogens with two attached hydrogens (primary N) is 1. The Kier molecular flexibility index (Phi) is 6.40. The van der Waals surface area contributed by atoms with E-state index in [0.29, 0.717) is 18.7 Å². The van der Waals surface area contributed by atoms with Gasteiger partial charge in [-0.15, -0.1) is 0 Å². The van der Waals surface area contributed by atoms with Crippen molar-refractivity contribution in [1.29, 1.82) is 0 Å². The van der Waals surface area contributed by atoms with E-state index in [2.05, 4.69) is 20.0 Å². The molecular weight excluding hydrogens is 348 g/mol. The van der Waals surface area contributed by atoms with Crippen molar-refractivity contribution in [3.63, 3.8) is 0 Å². The van der Waals surface area contributed by atoms with E-state index in [4.69, 9.17) is 10.5 Å². The quantitative estimate of drug-likeness (QED) is 0.690. The molecule has 1 unspecified atom stereocenters. The lowest BCUT2D eigenvalue weighted by Gasteiger charge is -2.20. The number of hydrogen-bond acceptors (Lipinski definition) is 7. The molecule has 8 nitrogen and oxygen atoms in total. The van der Waals surface area contributed by atoms with Crippen LogP contribution in [0, 0.1) is 5.92 Å². The normalized spacial score (nSPS) is 15.4. The molecule has 8 heteroatoms. The number of carbonyl (C=O) groups excluding carboxylic acids is 2. The Balaban J connectivity index is 1.60. The van der Waals surface area contributed by atoms with Gasteiger partial charge in [-0.1, -0.05) is 18.9 Å². The van der Waals surface area contributed by atoms with E-state index in [1.807, 2.05) is 6.07 Å². The fourth-order valence-corrected chi connectivity index (χ4v) is 3.21. The number of aryl methyl sites for hydroxylation is 1. The van der Waals surface area contributed by atoms with Gasteiger partial charge in [-0.3, -0.25) is 9.59 Å². The third kappa shape index (κ3) is 5.54. The first-order valence-corrected chi connectivity index (χ1v) is 9.18. The van der Waals surface area contributed by atoms with Crippen LogP contribution in [0.3, 0.4) is 0 Å². The lowest BCUT2D eigenvalue weighted by atomic mass is 10.0. The number of hydrogen-bond donors (Lipinski definition) is 2. The molecule has 3 rings (SSSR count). The molecule has 2 aromatic heterocycles. The van der Waals surface area contributed by atoms with Crippen LogP contribution in [-0.4, -0.2) is 34.5 Å². The van der Waals surface area contributed by atoms with E-state index in [1.54, 1.807) is 12.3 Å². The Hall–Kier alpha value is -2.90. The lowest BCUT2D eigenvalue weighted by Crippen LogP contribution is -2.45. The van der Waals surface area contributed by atoms with Crippen molar-refractivity contribution in [3.8, 4) is 5.88 Å². The minimum atomic E-state index is -0.623. The maximum atomic E-state index is 12.6. The zero-order chi connectivity index (χ0) is 19.1. The van der Waals surface area contributed by atoms with Crippen molar-refractivity contribution in [2.24, 2.45) is 5.92 Å². The standard InChI is InChI=1S/C19H24N4O4/c20-17-8-6-13(11-21-17)5-7-15(22-19(25)14-3-1-2-4-14)16(24)12-26-18-9-10-27-23-18/h6,8-11,14-15H,1-5,7,12H2,(H2,20,21)(H,22,25). The summed E-state index contributed by atoms with van der Waals surface area (Å²) in [5.74, 6) is 0.430.